The van der Waals surface area contributed by atoms with Gasteiger partial charge in [-0.05, 0) is 50.3 Å². The number of nitrogens with two attached hydrogens (primary N) is 1. The molecular weight excluding hydrogens is 428 g/mol. The van der Waals surface area contributed by atoms with Gasteiger partial charge in [-0.2, -0.15) is 8.78 Å². The summed E-state index contributed by atoms with van der Waals surface area (Å²) in [7, 11) is 0. The van der Waals surface area contributed by atoms with E-state index in [0.29, 0.717) is 35.1 Å². The minimum atomic E-state index is -2.96. The number of pyridine rings is 1. The number of aromatic nitrogens is 3. The Kier molecular flexibility index (Phi) is 6.42. The van der Waals surface area contributed by atoms with Gasteiger partial charge in [0.05, 0.1) is 24.9 Å². The summed E-state index contributed by atoms with van der Waals surface area (Å²) in [5.41, 5.74) is 8.08. The minimum Gasteiger partial charge on any atom is -0.431 e. The zero-order valence-corrected chi connectivity index (χ0v) is 18.9. The summed E-state index contributed by atoms with van der Waals surface area (Å²) in [6, 6.07) is 4.04. The number of nitrogens with zero attached hydrogens (tertiary/aromatic N) is 4. The van der Waals surface area contributed by atoms with Crippen LogP contribution >= 0.6 is 0 Å². The summed E-state index contributed by atoms with van der Waals surface area (Å²) in [5, 5.41) is 0. The Morgan fingerprint density at radius 2 is 2.00 bits per heavy atom. The molecule has 7 nitrogen and oxygen atoms in total. The lowest BCUT2D eigenvalue weighted by Gasteiger charge is -2.37. The molecule has 2 saturated heterocycles. The fraction of sp³-hybridized carbons (Fsp3) is 0.625. The highest BCUT2D eigenvalue weighted by Gasteiger charge is 2.33. The fourth-order valence-corrected chi connectivity index (χ4v) is 4.82. The summed E-state index contributed by atoms with van der Waals surface area (Å²) >= 11 is 0. The van der Waals surface area contributed by atoms with Gasteiger partial charge in [0.2, 0.25) is 0 Å². The van der Waals surface area contributed by atoms with E-state index >= 15 is 0 Å². The van der Waals surface area contributed by atoms with Gasteiger partial charge < -0.3 is 15.2 Å². The first-order valence-electron chi connectivity index (χ1n) is 11.9. The Bertz CT molecular complexity index is 983. The lowest BCUT2D eigenvalue weighted by Crippen LogP contribution is -2.50. The Morgan fingerprint density at radius 1 is 1.18 bits per heavy atom. The van der Waals surface area contributed by atoms with Crippen molar-refractivity contribution < 1.29 is 18.3 Å². The maximum atomic E-state index is 12.8. The van der Waals surface area contributed by atoms with Crippen LogP contribution in [0.5, 0.6) is 5.75 Å². The molecule has 4 heterocycles. The monoisotopic (exact) mass is 459 g/mol. The molecule has 2 atom stereocenters. The molecule has 3 fully saturated rings. The molecule has 0 spiro atoms. The third-order valence-corrected chi connectivity index (χ3v) is 7.11. The predicted molar refractivity (Wildman–Crippen MR) is 120 cm³/mol. The van der Waals surface area contributed by atoms with Crippen LogP contribution in [0.25, 0.3) is 11.3 Å². The molecule has 0 amide bonds. The lowest BCUT2D eigenvalue weighted by molar-refractivity contribution is -0.0671. The second-order valence-corrected chi connectivity index (χ2v) is 9.48. The van der Waals surface area contributed by atoms with Crippen molar-refractivity contribution in [2.24, 2.45) is 5.92 Å². The van der Waals surface area contributed by atoms with Gasteiger partial charge in [-0.3, -0.25) is 4.90 Å². The summed E-state index contributed by atoms with van der Waals surface area (Å²) in [5.74, 6) is 1.96. The van der Waals surface area contributed by atoms with Crippen LogP contribution in [0.3, 0.4) is 0 Å². The number of halogens is 2. The van der Waals surface area contributed by atoms with Gasteiger partial charge in [-0.1, -0.05) is 13.3 Å². The van der Waals surface area contributed by atoms with E-state index in [1.54, 1.807) is 6.20 Å². The average Bonchev–Trinajstić information content (AvgIpc) is 3.61. The number of likely N-dealkylation sites (tertiary alicyclic amines) is 1. The maximum Gasteiger partial charge on any atom is 0.387 e. The molecule has 178 valence electrons. The molecule has 2 aromatic rings. The van der Waals surface area contributed by atoms with Crippen molar-refractivity contribution in [3.05, 3.63) is 29.8 Å². The number of anilines is 1. The van der Waals surface area contributed by atoms with E-state index in [0.717, 1.165) is 69.9 Å². The third-order valence-electron chi connectivity index (χ3n) is 7.11. The zero-order valence-electron chi connectivity index (χ0n) is 18.9. The first-order valence-corrected chi connectivity index (χ1v) is 11.9. The van der Waals surface area contributed by atoms with E-state index in [2.05, 4.69) is 21.5 Å². The van der Waals surface area contributed by atoms with Crippen molar-refractivity contribution in [2.45, 2.75) is 63.5 Å². The molecule has 9 heteroatoms. The molecule has 0 bridgehead atoms. The highest BCUT2D eigenvalue weighted by molar-refractivity contribution is 5.64. The number of hydrogen-bond acceptors (Lipinski definition) is 7. The van der Waals surface area contributed by atoms with E-state index in [9.17, 15) is 8.78 Å². The van der Waals surface area contributed by atoms with E-state index in [4.69, 9.17) is 20.4 Å². The van der Waals surface area contributed by atoms with Gasteiger partial charge in [0.25, 0.3) is 0 Å². The number of ether oxygens (including phenoxy) is 2. The van der Waals surface area contributed by atoms with E-state index < -0.39 is 6.61 Å². The van der Waals surface area contributed by atoms with Crippen molar-refractivity contribution in [1.82, 2.24) is 19.9 Å². The summed E-state index contributed by atoms with van der Waals surface area (Å²) < 4.78 is 35.6. The molecule has 1 saturated carbocycles. The number of rotatable bonds is 7. The summed E-state index contributed by atoms with van der Waals surface area (Å²) in [6.07, 6.45) is 6.98. The molecule has 0 aromatic carbocycles. The Hall–Kier alpha value is -2.39. The van der Waals surface area contributed by atoms with E-state index in [-0.39, 0.29) is 11.6 Å². The maximum absolute atomic E-state index is 12.8. The standard InChI is InChI=1S/C24H31F2N5O2/c1-2-14-7-16(5-6-31(11-14)18-12-32-13-18)19-9-20(30-23(29-19)15-3-4-15)17-8-21(33-24(25)26)22(27)28-10-17/h8-10,14-16,18,24H,2-7,11-13H2,1H3,(H2,27,28). The lowest BCUT2D eigenvalue weighted by atomic mass is 9.89. The molecule has 33 heavy (non-hydrogen) atoms. The van der Waals surface area contributed by atoms with Gasteiger partial charge in [0.15, 0.2) is 11.6 Å². The second-order valence-electron chi connectivity index (χ2n) is 9.48. The number of nitrogen functional groups attached to an aromatic ring is 1. The molecule has 2 aliphatic heterocycles. The van der Waals surface area contributed by atoms with Crippen molar-refractivity contribution in [3.63, 3.8) is 0 Å². The zero-order chi connectivity index (χ0) is 22.9. The van der Waals surface area contributed by atoms with Crippen LogP contribution in [0.15, 0.2) is 18.3 Å². The highest BCUT2D eigenvalue weighted by atomic mass is 19.3. The van der Waals surface area contributed by atoms with Crippen LogP contribution in [0.4, 0.5) is 14.6 Å². The molecule has 3 aliphatic rings. The third kappa shape index (κ3) is 5.09. The molecule has 2 N–H and O–H groups in total. The average molecular weight is 460 g/mol. The molecular formula is C24H31F2N5O2. The van der Waals surface area contributed by atoms with Crippen LogP contribution < -0.4 is 10.5 Å². The highest BCUT2D eigenvalue weighted by Crippen LogP contribution is 2.41. The van der Waals surface area contributed by atoms with Crippen molar-refractivity contribution >= 4 is 5.82 Å². The Morgan fingerprint density at radius 3 is 2.67 bits per heavy atom. The van der Waals surface area contributed by atoms with Crippen LogP contribution in [0.2, 0.25) is 0 Å². The van der Waals surface area contributed by atoms with E-state index in [1.165, 1.54) is 6.07 Å². The Balaban J connectivity index is 1.46. The quantitative estimate of drug-likeness (QED) is 0.664. The van der Waals surface area contributed by atoms with Gasteiger partial charge in [-0.25, -0.2) is 15.0 Å². The van der Waals surface area contributed by atoms with Gasteiger partial charge in [0, 0.05) is 35.8 Å². The van der Waals surface area contributed by atoms with Gasteiger partial charge >= 0.3 is 6.61 Å². The number of alkyl halides is 2. The van der Waals surface area contributed by atoms with Crippen molar-refractivity contribution in [1.29, 1.82) is 0 Å². The van der Waals surface area contributed by atoms with Gasteiger partial charge in [0.1, 0.15) is 5.82 Å². The van der Waals surface area contributed by atoms with Crippen LogP contribution in [0.1, 0.15) is 62.4 Å². The van der Waals surface area contributed by atoms with Gasteiger partial charge in [-0.15, -0.1) is 0 Å². The SMILES string of the molecule is CCC1CC(c2cc(-c3cnc(N)c(OC(F)F)c3)nc(C3CC3)n2)CCN(C2COC2)C1. The predicted octanol–water partition coefficient (Wildman–Crippen LogP) is 4.20. The summed E-state index contributed by atoms with van der Waals surface area (Å²) in [6.45, 7) is 3.09. The van der Waals surface area contributed by atoms with Crippen LogP contribution in [0, 0.1) is 5.92 Å². The fourth-order valence-electron chi connectivity index (χ4n) is 4.82. The van der Waals surface area contributed by atoms with Crippen molar-refractivity contribution in [3.8, 4) is 17.0 Å². The van der Waals surface area contributed by atoms with Crippen molar-refractivity contribution in [2.75, 3.05) is 32.0 Å². The van der Waals surface area contributed by atoms with E-state index in [1.807, 2.05) is 6.07 Å². The van der Waals surface area contributed by atoms with Crippen LogP contribution in [-0.4, -0.2) is 58.8 Å². The molecule has 2 aromatic heterocycles. The minimum absolute atomic E-state index is 0.0645. The van der Waals surface area contributed by atoms with Crippen LogP contribution in [-0.2, 0) is 4.74 Å². The normalized spacial score (nSPS) is 24.5. The molecule has 0 radical (unpaired) electrons. The first kappa shape index (κ1) is 22.4. The first-order chi connectivity index (χ1) is 16.0. The number of hydrogen-bond donors (Lipinski definition) is 1. The topological polar surface area (TPSA) is 86.4 Å². The molecule has 1 aliphatic carbocycles. The molecule has 2 unspecified atom stereocenters. The largest absolute Gasteiger partial charge is 0.431 e. The molecule has 5 rings (SSSR count). The Labute approximate surface area is 192 Å². The second kappa shape index (κ2) is 9.46. The summed E-state index contributed by atoms with van der Waals surface area (Å²) in [4.78, 5) is 16.4. The smallest absolute Gasteiger partial charge is 0.387 e.